The van der Waals surface area contributed by atoms with E-state index in [0.29, 0.717) is 56.9 Å². The smallest absolute Gasteiger partial charge is 0.254 e. The Labute approximate surface area is 227 Å². The number of hydrogen-bond acceptors (Lipinski definition) is 8. The molecule has 1 heterocycles. The van der Waals surface area contributed by atoms with Crippen molar-refractivity contribution in [2.24, 2.45) is 0 Å². The lowest BCUT2D eigenvalue weighted by Gasteiger charge is -2.40. The van der Waals surface area contributed by atoms with Crippen LogP contribution in [0.3, 0.4) is 0 Å². The number of amides is 2. The van der Waals surface area contributed by atoms with Gasteiger partial charge in [-0.15, -0.1) is 0 Å². The lowest BCUT2D eigenvalue weighted by molar-refractivity contribution is -0.119. The minimum atomic E-state index is -0.825. The normalized spacial score (nSPS) is 16.2. The van der Waals surface area contributed by atoms with Gasteiger partial charge in [-0.3, -0.25) is 9.59 Å². The van der Waals surface area contributed by atoms with Crippen molar-refractivity contribution in [2.45, 2.75) is 12.0 Å². The number of anilines is 1. The Hall–Kier alpha value is -4.60. The molecule has 3 aromatic carbocycles. The Morgan fingerprint density at radius 2 is 1.21 bits per heavy atom. The van der Waals surface area contributed by atoms with Gasteiger partial charge < -0.3 is 38.6 Å². The van der Waals surface area contributed by atoms with E-state index in [1.165, 1.54) is 35.5 Å². The molecule has 1 aliphatic heterocycles. The third-order valence-electron chi connectivity index (χ3n) is 6.86. The highest BCUT2D eigenvalue weighted by Gasteiger charge is 2.44. The zero-order valence-electron chi connectivity index (χ0n) is 23.0. The third-order valence-corrected chi connectivity index (χ3v) is 6.86. The first-order chi connectivity index (χ1) is 18.8. The van der Waals surface area contributed by atoms with Crippen LogP contribution in [0.1, 0.15) is 33.4 Å². The van der Waals surface area contributed by atoms with Crippen LogP contribution in [0.25, 0.3) is 0 Å². The van der Waals surface area contributed by atoms with Crippen molar-refractivity contribution in [1.29, 1.82) is 0 Å². The number of nitrogens with one attached hydrogen (secondary N) is 1. The summed E-state index contributed by atoms with van der Waals surface area (Å²) in [6.45, 7) is 0. The summed E-state index contributed by atoms with van der Waals surface area (Å²) >= 11 is 0. The number of carbonyl (C=O) groups excluding carboxylic acids is 2. The second-order valence-corrected chi connectivity index (χ2v) is 8.81. The fraction of sp³-hybridized carbons (Fsp3) is 0.310. The first-order valence-electron chi connectivity index (χ1n) is 12.1. The first-order valence-corrected chi connectivity index (χ1v) is 12.1. The van der Waals surface area contributed by atoms with Gasteiger partial charge in [0.1, 0.15) is 0 Å². The number of benzene rings is 3. The van der Waals surface area contributed by atoms with Gasteiger partial charge in [0.15, 0.2) is 34.5 Å². The van der Waals surface area contributed by atoms with Crippen LogP contribution < -0.4 is 33.7 Å². The van der Waals surface area contributed by atoms with E-state index in [0.717, 1.165) is 0 Å². The maximum Gasteiger partial charge on any atom is 0.254 e. The maximum absolute atomic E-state index is 14.1. The molecule has 0 saturated carbocycles. The van der Waals surface area contributed by atoms with Crippen molar-refractivity contribution in [3.8, 4) is 34.5 Å². The molecule has 0 aromatic heterocycles. The summed E-state index contributed by atoms with van der Waals surface area (Å²) in [6, 6.07) is 13.1. The van der Waals surface area contributed by atoms with Crippen LogP contribution in [-0.2, 0) is 4.79 Å². The van der Waals surface area contributed by atoms with Crippen molar-refractivity contribution in [1.82, 2.24) is 4.90 Å². The molecule has 10 heteroatoms. The van der Waals surface area contributed by atoms with Crippen molar-refractivity contribution >= 4 is 17.5 Å². The molecule has 0 spiro atoms. The zero-order valence-corrected chi connectivity index (χ0v) is 23.0. The lowest BCUT2D eigenvalue weighted by atomic mass is 9.79. The lowest BCUT2D eigenvalue weighted by Crippen LogP contribution is -2.44. The number of nitrogens with zero attached hydrogens (tertiary/aromatic N) is 1. The molecule has 2 amide bonds. The predicted molar refractivity (Wildman–Crippen MR) is 145 cm³/mol. The highest BCUT2D eigenvalue weighted by molar-refractivity contribution is 6.05. The van der Waals surface area contributed by atoms with Crippen LogP contribution in [0.4, 0.5) is 5.69 Å². The van der Waals surface area contributed by atoms with E-state index in [4.69, 9.17) is 28.4 Å². The number of fused-ring (bicyclic) bond motifs is 1. The van der Waals surface area contributed by atoms with Crippen molar-refractivity contribution in [3.05, 3.63) is 65.2 Å². The fourth-order valence-electron chi connectivity index (χ4n) is 4.92. The van der Waals surface area contributed by atoms with E-state index in [2.05, 4.69) is 5.32 Å². The molecule has 0 radical (unpaired) electrons. The van der Waals surface area contributed by atoms with E-state index in [9.17, 15) is 9.59 Å². The molecule has 0 aliphatic carbocycles. The SMILES string of the molecule is COc1ccc(NC(=O)[C@@H]2c3cc(OC)c(OC)cc3C(=O)N(C)[C@H]2c2ccc(OC)c(OC)c2)cc1OC. The number of carbonyl (C=O) groups is 2. The largest absolute Gasteiger partial charge is 0.493 e. The van der Waals surface area contributed by atoms with Crippen molar-refractivity contribution in [3.63, 3.8) is 0 Å². The van der Waals surface area contributed by atoms with E-state index in [-0.39, 0.29) is 11.8 Å². The van der Waals surface area contributed by atoms with Gasteiger partial charge in [0.05, 0.1) is 54.6 Å². The van der Waals surface area contributed by atoms with Gasteiger partial charge in [-0.25, -0.2) is 0 Å². The number of ether oxygens (including phenoxy) is 6. The second kappa shape index (κ2) is 11.4. The van der Waals surface area contributed by atoms with E-state index < -0.39 is 12.0 Å². The van der Waals surface area contributed by atoms with Gasteiger partial charge in [-0.1, -0.05) is 6.07 Å². The van der Waals surface area contributed by atoms with Crippen LogP contribution in [-0.4, -0.2) is 66.4 Å². The quantitative estimate of drug-likeness (QED) is 0.432. The van der Waals surface area contributed by atoms with Gasteiger partial charge in [0, 0.05) is 24.4 Å². The Balaban J connectivity index is 1.88. The van der Waals surface area contributed by atoms with Crippen LogP contribution in [0.15, 0.2) is 48.5 Å². The highest BCUT2D eigenvalue weighted by Crippen LogP contribution is 2.47. The summed E-state index contributed by atoms with van der Waals surface area (Å²) in [7, 11) is 10.8. The molecule has 0 fully saturated rings. The summed E-state index contributed by atoms with van der Waals surface area (Å²) in [4.78, 5) is 29.3. The minimum absolute atomic E-state index is 0.263. The summed E-state index contributed by atoms with van der Waals surface area (Å²) in [5.74, 6) is 1.38. The first kappa shape index (κ1) is 27.4. The number of methoxy groups -OCH3 is 6. The van der Waals surface area contributed by atoms with Gasteiger partial charge in [0.2, 0.25) is 5.91 Å². The molecule has 1 aliphatic rings. The van der Waals surface area contributed by atoms with Crippen LogP contribution in [0.5, 0.6) is 34.5 Å². The molecule has 0 unspecified atom stereocenters. The highest BCUT2D eigenvalue weighted by atomic mass is 16.5. The average molecular weight is 537 g/mol. The predicted octanol–water partition coefficient (Wildman–Crippen LogP) is 4.29. The molecule has 39 heavy (non-hydrogen) atoms. The molecular formula is C29H32N2O8. The number of rotatable bonds is 9. The van der Waals surface area contributed by atoms with Crippen LogP contribution in [0, 0.1) is 0 Å². The van der Waals surface area contributed by atoms with Crippen molar-refractivity contribution < 1.29 is 38.0 Å². The summed E-state index contributed by atoms with van der Waals surface area (Å²) < 4.78 is 32.6. The van der Waals surface area contributed by atoms with E-state index >= 15 is 0 Å². The Morgan fingerprint density at radius 3 is 1.79 bits per heavy atom. The molecule has 3 aromatic rings. The number of hydrogen-bond donors (Lipinski definition) is 1. The summed E-state index contributed by atoms with van der Waals surface area (Å²) in [5.41, 5.74) is 2.05. The summed E-state index contributed by atoms with van der Waals surface area (Å²) in [6.07, 6.45) is 0. The van der Waals surface area contributed by atoms with E-state index in [1.54, 1.807) is 61.5 Å². The molecule has 0 bridgehead atoms. The van der Waals surface area contributed by atoms with Gasteiger partial charge in [-0.05, 0) is 47.5 Å². The molecule has 206 valence electrons. The molecule has 1 N–H and O–H groups in total. The van der Waals surface area contributed by atoms with Gasteiger partial charge in [-0.2, -0.15) is 0 Å². The fourth-order valence-corrected chi connectivity index (χ4v) is 4.92. The summed E-state index contributed by atoms with van der Waals surface area (Å²) in [5, 5.41) is 2.99. The molecule has 10 nitrogen and oxygen atoms in total. The van der Waals surface area contributed by atoms with Crippen LogP contribution >= 0.6 is 0 Å². The van der Waals surface area contributed by atoms with Crippen molar-refractivity contribution in [2.75, 3.05) is 55.0 Å². The van der Waals surface area contributed by atoms with E-state index in [1.807, 2.05) is 6.07 Å². The average Bonchev–Trinajstić information content (AvgIpc) is 2.97. The molecule has 0 saturated heterocycles. The van der Waals surface area contributed by atoms with Crippen LogP contribution in [0.2, 0.25) is 0 Å². The Kier molecular flexibility index (Phi) is 8.04. The third kappa shape index (κ3) is 4.97. The Morgan fingerprint density at radius 1 is 0.692 bits per heavy atom. The second-order valence-electron chi connectivity index (χ2n) is 8.81. The molecule has 4 rings (SSSR count). The minimum Gasteiger partial charge on any atom is -0.493 e. The van der Waals surface area contributed by atoms with Gasteiger partial charge in [0.25, 0.3) is 5.91 Å². The monoisotopic (exact) mass is 536 g/mol. The standard InChI is InChI=1S/C29H32N2O8/c1-31-27(16-8-10-20(34-2)22(12-16)36-4)26(18-14-24(38-6)25(39-7)15-19(18)29(31)33)28(32)30-17-9-11-21(35-3)23(13-17)37-5/h8-15,26-27H,1-7H3,(H,30,32)/t26-,27+/m1/s1. The Bertz CT molecular complexity index is 1390. The van der Waals surface area contributed by atoms with Gasteiger partial charge >= 0.3 is 0 Å². The maximum atomic E-state index is 14.1. The number of likely N-dealkylation sites (N-methyl/N-ethyl adjacent to an activating group) is 1. The molecular weight excluding hydrogens is 504 g/mol. The molecule has 2 atom stereocenters. The topological polar surface area (TPSA) is 105 Å². The zero-order chi connectivity index (χ0) is 28.3.